The summed E-state index contributed by atoms with van der Waals surface area (Å²) in [6.07, 6.45) is 0. The highest BCUT2D eigenvalue weighted by Gasteiger charge is 2.07. The highest BCUT2D eigenvalue weighted by Crippen LogP contribution is 2.01. The van der Waals surface area contributed by atoms with E-state index in [1.165, 1.54) is 0 Å². The van der Waals surface area contributed by atoms with Gasteiger partial charge in [-0.2, -0.15) is 0 Å². The van der Waals surface area contributed by atoms with Crippen LogP contribution in [-0.4, -0.2) is 37.1 Å². The molecule has 0 atom stereocenters. The van der Waals surface area contributed by atoms with Gasteiger partial charge in [-0.05, 0) is 33.0 Å². The van der Waals surface area contributed by atoms with Crippen LogP contribution >= 0.6 is 12.4 Å². The molecule has 0 amide bonds. The number of hydrogen-bond donors (Lipinski definition) is 0. The second kappa shape index (κ2) is 8.09. The lowest BCUT2D eigenvalue weighted by molar-refractivity contribution is 0.0461. The molecule has 0 aliphatic heterocycles. The van der Waals surface area contributed by atoms with E-state index in [0.29, 0.717) is 18.2 Å². The van der Waals surface area contributed by atoms with Gasteiger partial charge >= 0.3 is 5.97 Å². The lowest BCUT2D eigenvalue weighted by atomic mass is 10.2. The van der Waals surface area contributed by atoms with E-state index >= 15 is 0 Å². The van der Waals surface area contributed by atoms with E-state index in [0.717, 1.165) is 6.54 Å². The zero-order valence-electron chi connectivity index (χ0n) is 10.6. The maximum Gasteiger partial charge on any atom is 0.338 e. The van der Waals surface area contributed by atoms with Crippen LogP contribution in [-0.2, 0) is 4.74 Å². The van der Waals surface area contributed by atoms with Crippen LogP contribution in [0.3, 0.4) is 0 Å². The molecule has 0 aromatic heterocycles. The number of benzene rings is 1. The summed E-state index contributed by atoms with van der Waals surface area (Å²) in [5, 5.41) is 0. The predicted octanol–water partition coefficient (Wildman–Crippen LogP) is 2.61. The summed E-state index contributed by atoms with van der Waals surface area (Å²) in [5.74, 6) is -0.252. The summed E-state index contributed by atoms with van der Waals surface area (Å²) < 4.78 is 5.17. The summed E-state index contributed by atoms with van der Waals surface area (Å²) in [6.45, 7) is 5.41. The van der Waals surface area contributed by atoms with E-state index in [9.17, 15) is 4.79 Å². The van der Waals surface area contributed by atoms with Crippen molar-refractivity contribution in [2.45, 2.75) is 19.9 Å². The molecule has 1 rings (SSSR count). The third kappa shape index (κ3) is 5.71. The smallest absolute Gasteiger partial charge is 0.338 e. The van der Waals surface area contributed by atoms with E-state index in [1.807, 2.05) is 25.2 Å². The minimum absolute atomic E-state index is 0. The first kappa shape index (κ1) is 15.9. The summed E-state index contributed by atoms with van der Waals surface area (Å²) >= 11 is 0. The van der Waals surface area contributed by atoms with Crippen LogP contribution in [0.25, 0.3) is 0 Å². The van der Waals surface area contributed by atoms with Crippen molar-refractivity contribution in [1.29, 1.82) is 0 Å². The Bertz CT molecular complexity index is 327. The van der Waals surface area contributed by atoms with Gasteiger partial charge in [-0.3, -0.25) is 0 Å². The van der Waals surface area contributed by atoms with Crippen LogP contribution in [0.2, 0.25) is 0 Å². The van der Waals surface area contributed by atoms with E-state index < -0.39 is 0 Å². The fourth-order valence-electron chi connectivity index (χ4n) is 1.20. The molecule has 0 aliphatic rings. The Morgan fingerprint density at radius 1 is 1.29 bits per heavy atom. The Hall–Kier alpha value is -1.06. The zero-order chi connectivity index (χ0) is 12.0. The highest BCUT2D eigenvalue weighted by atomic mass is 35.5. The molecule has 17 heavy (non-hydrogen) atoms. The largest absolute Gasteiger partial charge is 0.461 e. The van der Waals surface area contributed by atoms with Crippen molar-refractivity contribution in [3.8, 4) is 0 Å². The topological polar surface area (TPSA) is 29.5 Å². The van der Waals surface area contributed by atoms with Gasteiger partial charge in [0.15, 0.2) is 0 Å². The lowest BCUT2D eigenvalue weighted by Gasteiger charge is -2.20. The van der Waals surface area contributed by atoms with E-state index in [4.69, 9.17) is 4.74 Å². The van der Waals surface area contributed by atoms with Crippen molar-refractivity contribution in [2.75, 3.05) is 20.2 Å². The summed E-state index contributed by atoms with van der Waals surface area (Å²) in [4.78, 5) is 13.7. The van der Waals surface area contributed by atoms with Crippen molar-refractivity contribution in [2.24, 2.45) is 0 Å². The Labute approximate surface area is 109 Å². The van der Waals surface area contributed by atoms with Gasteiger partial charge in [-0.15, -0.1) is 12.4 Å². The standard InChI is InChI=1S/C13H19NO2.ClH/c1-11(2)14(3)9-10-16-13(15)12-7-5-4-6-8-12;/h4-8,11H,9-10H2,1-3H3;1H. The molecule has 0 bridgehead atoms. The van der Waals surface area contributed by atoms with Crippen LogP contribution < -0.4 is 0 Å². The predicted molar refractivity (Wildman–Crippen MR) is 71.7 cm³/mol. The molecule has 0 radical (unpaired) electrons. The third-order valence-corrected chi connectivity index (χ3v) is 2.57. The van der Waals surface area contributed by atoms with E-state index in [-0.39, 0.29) is 18.4 Å². The van der Waals surface area contributed by atoms with Crippen LogP contribution in [0.5, 0.6) is 0 Å². The highest BCUT2D eigenvalue weighted by molar-refractivity contribution is 5.89. The quantitative estimate of drug-likeness (QED) is 0.760. The molecule has 0 aliphatic carbocycles. The molecule has 0 unspecified atom stereocenters. The number of likely N-dealkylation sites (N-methyl/N-ethyl adjacent to an activating group) is 1. The molecule has 0 heterocycles. The van der Waals surface area contributed by atoms with Crippen molar-refractivity contribution in [1.82, 2.24) is 4.90 Å². The molecule has 0 spiro atoms. The van der Waals surface area contributed by atoms with Gasteiger partial charge in [0, 0.05) is 12.6 Å². The van der Waals surface area contributed by atoms with Crippen LogP contribution in [0.1, 0.15) is 24.2 Å². The number of carbonyl (C=O) groups is 1. The molecule has 1 aromatic carbocycles. The molecule has 0 saturated carbocycles. The van der Waals surface area contributed by atoms with Gasteiger partial charge < -0.3 is 9.64 Å². The number of ether oxygens (including phenoxy) is 1. The number of hydrogen-bond acceptors (Lipinski definition) is 3. The Morgan fingerprint density at radius 2 is 1.88 bits per heavy atom. The van der Waals surface area contributed by atoms with Crippen molar-refractivity contribution >= 4 is 18.4 Å². The number of halogens is 1. The van der Waals surface area contributed by atoms with Gasteiger partial charge in [0.1, 0.15) is 6.61 Å². The van der Waals surface area contributed by atoms with Gasteiger partial charge in [-0.1, -0.05) is 18.2 Å². The molecule has 3 nitrogen and oxygen atoms in total. The fraction of sp³-hybridized carbons (Fsp3) is 0.462. The van der Waals surface area contributed by atoms with Gasteiger partial charge in [-0.25, -0.2) is 4.79 Å². The second-order valence-electron chi connectivity index (χ2n) is 4.08. The summed E-state index contributed by atoms with van der Waals surface area (Å²) in [5.41, 5.74) is 0.606. The molecular formula is C13H20ClNO2. The normalized spacial score (nSPS) is 10.2. The van der Waals surface area contributed by atoms with Crippen molar-refractivity contribution in [3.05, 3.63) is 35.9 Å². The third-order valence-electron chi connectivity index (χ3n) is 2.57. The molecule has 4 heteroatoms. The second-order valence-corrected chi connectivity index (χ2v) is 4.08. The van der Waals surface area contributed by atoms with E-state index in [1.54, 1.807) is 12.1 Å². The minimum atomic E-state index is -0.252. The summed E-state index contributed by atoms with van der Waals surface area (Å²) in [6, 6.07) is 9.52. The first-order chi connectivity index (χ1) is 7.61. The first-order valence-corrected chi connectivity index (χ1v) is 5.53. The SMILES string of the molecule is CC(C)N(C)CCOC(=O)c1ccccc1.Cl. The fourth-order valence-corrected chi connectivity index (χ4v) is 1.20. The number of nitrogens with zero attached hydrogens (tertiary/aromatic N) is 1. The average Bonchev–Trinajstić information content (AvgIpc) is 2.29. The Morgan fingerprint density at radius 3 is 2.41 bits per heavy atom. The molecule has 1 aromatic rings. The maximum atomic E-state index is 11.6. The molecular weight excluding hydrogens is 238 g/mol. The van der Waals surface area contributed by atoms with Crippen molar-refractivity contribution < 1.29 is 9.53 Å². The maximum absolute atomic E-state index is 11.6. The van der Waals surface area contributed by atoms with Gasteiger partial charge in [0.25, 0.3) is 0 Å². The summed E-state index contributed by atoms with van der Waals surface area (Å²) in [7, 11) is 2.01. The average molecular weight is 258 g/mol. The minimum Gasteiger partial charge on any atom is -0.461 e. The van der Waals surface area contributed by atoms with Crippen LogP contribution in [0, 0.1) is 0 Å². The first-order valence-electron chi connectivity index (χ1n) is 5.53. The Balaban J connectivity index is 0.00000256. The van der Waals surface area contributed by atoms with Gasteiger partial charge in [0.05, 0.1) is 5.56 Å². The van der Waals surface area contributed by atoms with E-state index in [2.05, 4.69) is 18.7 Å². The zero-order valence-corrected chi connectivity index (χ0v) is 11.4. The number of esters is 1. The van der Waals surface area contributed by atoms with Crippen molar-refractivity contribution in [3.63, 3.8) is 0 Å². The molecule has 96 valence electrons. The Kier molecular flexibility index (Phi) is 7.59. The van der Waals surface area contributed by atoms with Crippen LogP contribution in [0.4, 0.5) is 0 Å². The molecule has 0 saturated heterocycles. The van der Waals surface area contributed by atoms with Crippen LogP contribution in [0.15, 0.2) is 30.3 Å². The number of carbonyl (C=O) groups excluding carboxylic acids is 1. The van der Waals surface area contributed by atoms with Gasteiger partial charge in [0.2, 0.25) is 0 Å². The molecule has 0 fully saturated rings. The lowest BCUT2D eigenvalue weighted by Crippen LogP contribution is -2.30. The monoisotopic (exact) mass is 257 g/mol. The molecule has 0 N–H and O–H groups in total. The number of rotatable bonds is 5.